The molecule has 0 saturated carbocycles. The minimum absolute atomic E-state index is 0.389. The first kappa shape index (κ1) is 12.7. The number of rotatable bonds is 6. The van der Waals surface area contributed by atoms with Crippen LogP contribution in [-0.2, 0) is 16.1 Å². The third kappa shape index (κ3) is 3.64. The van der Waals surface area contributed by atoms with Gasteiger partial charge in [0.25, 0.3) is 0 Å². The van der Waals surface area contributed by atoms with Crippen LogP contribution in [0.15, 0.2) is 30.3 Å². The summed E-state index contributed by atoms with van der Waals surface area (Å²) in [5.41, 5.74) is 6.52. The molecule has 1 rings (SSSR count). The molecule has 0 aliphatic rings. The van der Waals surface area contributed by atoms with Crippen molar-refractivity contribution in [2.24, 2.45) is 5.73 Å². The molecule has 16 heavy (non-hydrogen) atoms. The molecular formula is C12H17NO3. The van der Waals surface area contributed by atoms with E-state index in [0.717, 1.165) is 5.56 Å². The van der Waals surface area contributed by atoms with Gasteiger partial charge in [-0.1, -0.05) is 37.3 Å². The van der Waals surface area contributed by atoms with E-state index in [-0.39, 0.29) is 0 Å². The molecule has 0 bridgehead atoms. The first-order chi connectivity index (χ1) is 7.65. The van der Waals surface area contributed by atoms with Crippen LogP contribution in [0.3, 0.4) is 0 Å². The molecule has 88 valence electrons. The van der Waals surface area contributed by atoms with E-state index in [1.807, 2.05) is 37.3 Å². The lowest BCUT2D eigenvalue weighted by molar-refractivity contribution is -0.142. The highest BCUT2D eigenvalue weighted by atomic mass is 16.5. The lowest BCUT2D eigenvalue weighted by Gasteiger charge is -2.19. The fourth-order valence-electron chi connectivity index (χ4n) is 1.41. The summed E-state index contributed by atoms with van der Waals surface area (Å²) >= 11 is 0. The highest BCUT2D eigenvalue weighted by molar-refractivity contribution is 5.73. The molecule has 0 unspecified atom stereocenters. The van der Waals surface area contributed by atoms with Crippen LogP contribution >= 0.6 is 0 Å². The number of nitrogens with two attached hydrogens (primary N) is 1. The fourth-order valence-corrected chi connectivity index (χ4v) is 1.41. The van der Waals surface area contributed by atoms with E-state index in [0.29, 0.717) is 13.0 Å². The number of aliphatic carboxylic acids is 1. The average molecular weight is 223 g/mol. The molecule has 1 aromatic carbocycles. The Morgan fingerprint density at radius 1 is 1.44 bits per heavy atom. The van der Waals surface area contributed by atoms with Crippen molar-refractivity contribution in [3.63, 3.8) is 0 Å². The zero-order valence-electron chi connectivity index (χ0n) is 9.30. The Kier molecular flexibility index (Phi) is 4.95. The summed E-state index contributed by atoms with van der Waals surface area (Å²) in [6.07, 6.45) is 0.137. The SMILES string of the molecule is CC[C@@H](OCc1ccccc1)[C@H](N)C(=O)O. The minimum Gasteiger partial charge on any atom is -0.480 e. The number of hydrogen-bond acceptors (Lipinski definition) is 3. The minimum atomic E-state index is -1.03. The molecule has 0 aromatic heterocycles. The number of ether oxygens (including phenoxy) is 1. The molecule has 0 amide bonds. The summed E-state index contributed by atoms with van der Waals surface area (Å²) < 4.78 is 5.49. The number of carbonyl (C=O) groups is 1. The van der Waals surface area contributed by atoms with Gasteiger partial charge in [0, 0.05) is 0 Å². The van der Waals surface area contributed by atoms with Gasteiger partial charge in [0.2, 0.25) is 0 Å². The van der Waals surface area contributed by atoms with Crippen LogP contribution in [0.25, 0.3) is 0 Å². The zero-order valence-corrected chi connectivity index (χ0v) is 9.30. The van der Waals surface area contributed by atoms with Crippen molar-refractivity contribution in [3.8, 4) is 0 Å². The molecular weight excluding hydrogens is 206 g/mol. The fraction of sp³-hybridized carbons (Fsp3) is 0.417. The molecule has 0 saturated heterocycles. The smallest absolute Gasteiger partial charge is 0.323 e. The molecule has 3 N–H and O–H groups in total. The van der Waals surface area contributed by atoms with Gasteiger partial charge in [-0.2, -0.15) is 0 Å². The average Bonchev–Trinajstić information content (AvgIpc) is 2.30. The summed E-state index contributed by atoms with van der Waals surface area (Å²) in [5, 5.41) is 8.78. The Hall–Kier alpha value is -1.39. The van der Waals surface area contributed by atoms with Crippen molar-refractivity contribution in [2.75, 3.05) is 0 Å². The van der Waals surface area contributed by atoms with E-state index in [4.69, 9.17) is 15.6 Å². The molecule has 0 aliphatic heterocycles. The summed E-state index contributed by atoms with van der Waals surface area (Å²) in [7, 11) is 0. The van der Waals surface area contributed by atoms with Crippen LogP contribution in [0.1, 0.15) is 18.9 Å². The molecule has 1 aromatic rings. The Morgan fingerprint density at radius 3 is 2.56 bits per heavy atom. The van der Waals surface area contributed by atoms with Crippen molar-refractivity contribution in [1.29, 1.82) is 0 Å². The lowest BCUT2D eigenvalue weighted by atomic mass is 10.1. The number of benzene rings is 1. The van der Waals surface area contributed by atoms with Crippen LogP contribution in [0.5, 0.6) is 0 Å². The van der Waals surface area contributed by atoms with E-state index >= 15 is 0 Å². The Bertz CT molecular complexity index is 326. The summed E-state index contributed by atoms with van der Waals surface area (Å²) in [6, 6.07) is 8.64. The number of carboxylic acids is 1. The van der Waals surface area contributed by atoms with Crippen molar-refractivity contribution < 1.29 is 14.6 Å². The highest BCUT2D eigenvalue weighted by Crippen LogP contribution is 2.08. The van der Waals surface area contributed by atoms with E-state index in [1.165, 1.54) is 0 Å². The summed E-state index contributed by atoms with van der Waals surface area (Å²) in [4.78, 5) is 10.7. The maximum Gasteiger partial charge on any atom is 0.323 e. The molecule has 0 radical (unpaired) electrons. The second-order valence-corrected chi connectivity index (χ2v) is 3.61. The largest absolute Gasteiger partial charge is 0.480 e. The standard InChI is InChI=1S/C12H17NO3/c1-2-10(11(13)12(14)15)16-8-9-6-4-3-5-7-9/h3-7,10-11H,2,8,13H2,1H3,(H,14,15)/t10-,11+/m1/s1. The highest BCUT2D eigenvalue weighted by Gasteiger charge is 2.23. The first-order valence-corrected chi connectivity index (χ1v) is 5.29. The molecule has 2 atom stereocenters. The Morgan fingerprint density at radius 2 is 2.06 bits per heavy atom. The summed E-state index contributed by atoms with van der Waals surface area (Å²) in [5.74, 6) is -1.03. The van der Waals surface area contributed by atoms with Crippen molar-refractivity contribution >= 4 is 5.97 Å². The molecule has 0 aliphatic carbocycles. The summed E-state index contributed by atoms with van der Waals surface area (Å²) in [6.45, 7) is 2.25. The van der Waals surface area contributed by atoms with Gasteiger partial charge >= 0.3 is 5.97 Å². The van der Waals surface area contributed by atoms with Gasteiger partial charge in [-0.25, -0.2) is 0 Å². The van der Waals surface area contributed by atoms with Crippen LogP contribution in [0.4, 0.5) is 0 Å². The topological polar surface area (TPSA) is 72.5 Å². The predicted octanol–water partition coefficient (Wildman–Crippen LogP) is 1.39. The van der Waals surface area contributed by atoms with Crippen LogP contribution in [-0.4, -0.2) is 23.2 Å². The maximum absolute atomic E-state index is 10.7. The monoisotopic (exact) mass is 223 g/mol. The maximum atomic E-state index is 10.7. The van der Waals surface area contributed by atoms with E-state index in [1.54, 1.807) is 0 Å². The van der Waals surface area contributed by atoms with E-state index < -0.39 is 18.1 Å². The molecule has 0 fully saturated rings. The predicted molar refractivity (Wildman–Crippen MR) is 60.9 cm³/mol. The van der Waals surface area contributed by atoms with Crippen LogP contribution in [0.2, 0.25) is 0 Å². The van der Waals surface area contributed by atoms with Gasteiger partial charge in [-0.05, 0) is 12.0 Å². The molecule has 4 nitrogen and oxygen atoms in total. The van der Waals surface area contributed by atoms with Crippen molar-refractivity contribution in [3.05, 3.63) is 35.9 Å². The van der Waals surface area contributed by atoms with Gasteiger partial charge in [0.15, 0.2) is 0 Å². The van der Waals surface area contributed by atoms with Gasteiger partial charge in [-0.3, -0.25) is 4.79 Å². The van der Waals surface area contributed by atoms with Gasteiger partial charge < -0.3 is 15.6 Å². The first-order valence-electron chi connectivity index (χ1n) is 5.29. The van der Waals surface area contributed by atoms with E-state index in [2.05, 4.69) is 0 Å². The lowest BCUT2D eigenvalue weighted by Crippen LogP contribution is -2.42. The van der Waals surface area contributed by atoms with Gasteiger partial charge in [-0.15, -0.1) is 0 Å². The quantitative estimate of drug-likeness (QED) is 0.764. The second kappa shape index (κ2) is 6.25. The Labute approximate surface area is 95.0 Å². The van der Waals surface area contributed by atoms with Crippen molar-refractivity contribution in [1.82, 2.24) is 0 Å². The van der Waals surface area contributed by atoms with Crippen LogP contribution in [0, 0.1) is 0 Å². The third-order valence-corrected chi connectivity index (χ3v) is 2.39. The van der Waals surface area contributed by atoms with Crippen molar-refractivity contribution in [2.45, 2.75) is 32.1 Å². The molecule has 4 heteroatoms. The molecule has 0 spiro atoms. The second-order valence-electron chi connectivity index (χ2n) is 3.61. The molecule has 0 heterocycles. The number of hydrogen-bond donors (Lipinski definition) is 2. The van der Waals surface area contributed by atoms with Gasteiger partial charge in [0.05, 0.1) is 12.7 Å². The number of carboxylic acid groups (broad SMARTS) is 1. The zero-order chi connectivity index (χ0) is 12.0. The third-order valence-electron chi connectivity index (χ3n) is 2.39. The van der Waals surface area contributed by atoms with Crippen LogP contribution < -0.4 is 5.73 Å². The van der Waals surface area contributed by atoms with E-state index in [9.17, 15) is 4.79 Å². The normalized spacial score (nSPS) is 14.4. The van der Waals surface area contributed by atoms with Gasteiger partial charge in [0.1, 0.15) is 6.04 Å². The Balaban J connectivity index is 2.49.